The Morgan fingerprint density at radius 3 is 1.73 bits per heavy atom. The Labute approximate surface area is 179 Å². The highest BCUT2D eigenvalue weighted by Gasteiger charge is 2.40. The first kappa shape index (κ1) is 25.7. The van der Waals surface area contributed by atoms with E-state index in [2.05, 4.69) is 25.7 Å². The molecule has 1 aromatic heterocycles. The summed E-state index contributed by atoms with van der Waals surface area (Å²) in [4.78, 5) is 41.3. The van der Waals surface area contributed by atoms with Crippen molar-refractivity contribution in [2.24, 2.45) is 0 Å². The van der Waals surface area contributed by atoms with Gasteiger partial charge in [-0.2, -0.15) is 18.1 Å². The Morgan fingerprint density at radius 2 is 1.40 bits per heavy atom. The summed E-state index contributed by atoms with van der Waals surface area (Å²) in [7, 11) is 0.963. The molecule has 1 aromatic rings. The average Bonchev–Trinajstić information content (AvgIpc) is 2.50. The third-order valence-corrected chi connectivity index (χ3v) is 3.64. The highest BCUT2D eigenvalue weighted by atomic mass is 79.9. The van der Waals surface area contributed by atoms with Crippen molar-refractivity contribution in [1.29, 1.82) is 0 Å². The van der Waals surface area contributed by atoms with Crippen LogP contribution in [0.3, 0.4) is 0 Å². The molecule has 0 fully saturated rings. The van der Waals surface area contributed by atoms with Crippen molar-refractivity contribution in [2.75, 3.05) is 12.0 Å². The zero-order chi connectivity index (χ0) is 23.7. The molecule has 168 valence electrons. The summed E-state index contributed by atoms with van der Waals surface area (Å²) >= 11 is 2.65. The molecular weight excluding hydrogens is 477 g/mol. The van der Waals surface area contributed by atoms with Crippen LogP contribution in [-0.4, -0.2) is 41.5 Å². The quantitative estimate of drug-likeness (QED) is 0.309. The lowest BCUT2D eigenvalue weighted by Crippen LogP contribution is -2.44. The Kier molecular flexibility index (Phi) is 7.51. The second-order valence-electron chi connectivity index (χ2n) is 7.98. The molecular formula is C18H22BrF3N2O6. The number of anilines is 1. The Morgan fingerprint density at radius 1 is 0.967 bits per heavy atom. The number of carbonyl (C=O) groups is 3. The molecule has 30 heavy (non-hydrogen) atoms. The summed E-state index contributed by atoms with van der Waals surface area (Å²) in [6.07, 6.45) is -7.64. The van der Waals surface area contributed by atoms with E-state index in [9.17, 15) is 27.6 Å². The van der Waals surface area contributed by atoms with Crippen LogP contribution < -0.4 is 4.90 Å². The molecule has 1 heterocycles. The maximum Gasteiger partial charge on any atom is 0.424 e. The van der Waals surface area contributed by atoms with Crippen molar-refractivity contribution >= 4 is 39.8 Å². The number of methoxy groups -OCH3 is 1. The smallest absolute Gasteiger partial charge is 0.424 e. The van der Waals surface area contributed by atoms with E-state index >= 15 is 0 Å². The molecule has 2 amide bonds. The van der Waals surface area contributed by atoms with Gasteiger partial charge in [0.05, 0.1) is 18.4 Å². The molecule has 0 aliphatic rings. The maximum absolute atomic E-state index is 13.4. The molecule has 8 nitrogen and oxygen atoms in total. The maximum atomic E-state index is 13.4. The number of imide groups is 1. The van der Waals surface area contributed by atoms with Crippen LogP contribution in [0.1, 0.15) is 57.6 Å². The van der Waals surface area contributed by atoms with Crippen molar-refractivity contribution in [3.05, 3.63) is 21.9 Å². The van der Waals surface area contributed by atoms with Gasteiger partial charge in [0, 0.05) is 0 Å². The summed E-state index contributed by atoms with van der Waals surface area (Å²) < 4.78 is 54.3. The minimum Gasteiger partial charge on any atom is -0.464 e. The first-order valence-corrected chi connectivity index (χ1v) is 9.29. The lowest BCUT2D eigenvalue weighted by molar-refractivity contribution is -0.138. The van der Waals surface area contributed by atoms with E-state index in [0.717, 1.165) is 7.11 Å². The second-order valence-corrected chi connectivity index (χ2v) is 8.73. The zero-order valence-electron chi connectivity index (χ0n) is 17.4. The van der Waals surface area contributed by atoms with Gasteiger partial charge in [-0.3, -0.25) is 0 Å². The molecule has 0 aliphatic heterocycles. The minimum atomic E-state index is -4.91. The van der Waals surface area contributed by atoms with Gasteiger partial charge in [-0.25, -0.2) is 19.4 Å². The van der Waals surface area contributed by atoms with E-state index in [-0.39, 0.29) is 4.90 Å². The summed E-state index contributed by atoms with van der Waals surface area (Å²) in [5, 5.41) is 0. The molecule has 0 bridgehead atoms. The molecule has 0 aliphatic carbocycles. The van der Waals surface area contributed by atoms with E-state index in [4.69, 9.17) is 9.47 Å². The summed E-state index contributed by atoms with van der Waals surface area (Å²) in [5.41, 5.74) is -5.09. The number of halogens is 4. The van der Waals surface area contributed by atoms with Gasteiger partial charge >= 0.3 is 24.3 Å². The number of pyridine rings is 1. The number of carbonyl (C=O) groups excluding carboxylic acids is 3. The lowest BCUT2D eigenvalue weighted by Gasteiger charge is -2.29. The summed E-state index contributed by atoms with van der Waals surface area (Å²) in [5.74, 6) is -1.18. The standard InChI is InChI=1S/C18H22BrF3N2O6/c1-16(2,3)29-14(26)24(15(27)30-17(4,5)6)10-8-9(18(20,21)22)12(19)23-11(10)13(25)28-7/h8H,1-7H3. The van der Waals surface area contributed by atoms with Gasteiger partial charge in [-0.05, 0) is 63.5 Å². The Balaban J connectivity index is 3.80. The van der Waals surface area contributed by atoms with Crippen LogP contribution in [0.2, 0.25) is 0 Å². The van der Waals surface area contributed by atoms with Crippen molar-refractivity contribution in [1.82, 2.24) is 4.98 Å². The van der Waals surface area contributed by atoms with E-state index in [1.54, 1.807) is 0 Å². The van der Waals surface area contributed by atoms with Gasteiger partial charge in [-0.15, -0.1) is 0 Å². The number of hydrogen-bond donors (Lipinski definition) is 0. The van der Waals surface area contributed by atoms with Gasteiger partial charge in [0.1, 0.15) is 15.8 Å². The molecule has 0 saturated heterocycles. The van der Waals surface area contributed by atoms with Gasteiger partial charge in [0.25, 0.3) is 0 Å². The summed E-state index contributed by atoms with van der Waals surface area (Å²) in [6.45, 7) is 8.92. The van der Waals surface area contributed by atoms with Crippen LogP contribution in [0.4, 0.5) is 28.4 Å². The number of rotatable bonds is 2. The van der Waals surface area contributed by atoms with Crippen molar-refractivity contribution in [3.8, 4) is 0 Å². The molecule has 0 N–H and O–H groups in total. The van der Waals surface area contributed by atoms with Gasteiger partial charge in [0.15, 0.2) is 5.69 Å². The number of aromatic nitrogens is 1. The third kappa shape index (κ3) is 6.85. The van der Waals surface area contributed by atoms with Crippen LogP contribution in [0.5, 0.6) is 0 Å². The molecule has 12 heteroatoms. The minimum absolute atomic E-state index is 0.178. The lowest BCUT2D eigenvalue weighted by atomic mass is 10.2. The van der Waals surface area contributed by atoms with Crippen LogP contribution in [-0.2, 0) is 20.4 Å². The fourth-order valence-corrected chi connectivity index (χ4v) is 2.50. The average molecular weight is 499 g/mol. The first-order chi connectivity index (χ1) is 13.4. The molecule has 0 aromatic carbocycles. The molecule has 0 unspecified atom stereocenters. The molecule has 0 saturated carbocycles. The highest BCUT2D eigenvalue weighted by Crippen LogP contribution is 2.38. The Hall–Kier alpha value is -2.37. The van der Waals surface area contributed by atoms with E-state index in [1.807, 2.05) is 0 Å². The van der Waals surface area contributed by atoms with E-state index in [0.29, 0.717) is 6.07 Å². The number of nitrogens with zero attached hydrogens (tertiary/aromatic N) is 2. The highest BCUT2D eigenvalue weighted by molar-refractivity contribution is 9.10. The molecule has 0 radical (unpaired) electrons. The normalized spacial score (nSPS) is 12.2. The number of ether oxygens (including phenoxy) is 3. The second kappa shape index (κ2) is 8.78. The topological polar surface area (TPSA) is 95.0 Å². The van der Waals surface area contributed by atoms with Crippen molar-refractivity contribution in [2.45, 2.75) is 58.9 Å². The van der Waals surface area contributed by atoms with Crippen LogP contribution >= 0.6 is 15.9 Å². The van der Waals surface area contributed by atoms with Crippen LogP contribution in [0.25, 0.3) is 0 Å². The first-order valence-electron chi connectivity index (χ1n) is 8.49. The number of esters is 1. The fraction of sp³-hybridized carbons (Fsp3) is 0.556. The summed E-state index contributed by atoms with van der Waals surface area (Å²) in [6, 6.07) is 0.414. The van der Waals surface area contributed by atoms with Crippen LogP contribution in [0.15, 0.2) is 10.7 Å². The monoisotopic (exact) mass is 498 g/mol. The van der Waals surface area contributed by atoms with Gasteiger partial charge in [0.2, 0.25) is 0 Å². The fourth-order valence-electron chi connectivity index (χ4n) is 1.98. The molecule has 0 spiro atoms. The van der Waals surface area contributed by atoms with Gasteiger partial charge in [-0.1, -0.05) is 0 Å². The number of alkyl halides is 3. The van der Waals surface area contributed by atoms with Crippen molar-refractivity contribution in [3.63, 3.8) is 0 Å². The largest absolute Gasteiger partial charge is 0.464 e. The van der Waals surface area contributed by atoms with Crippen LogP contribution in [0, 0.1) is 0 Å². The van der Waals surface area contributed by atoms with E-state index < -0.39 is 57.1 Å². The zero-order valence-corrected chi connectivity index (χ0v) is 19.0. The molecule has 1 rings (SSSR count). The van der Waals surface area contributed by atoms with Gasteiger partial charge < -0.3 is 14.2 Å². The number of hydrogen-bond acceptors (Lipinski definition) is 7. The SMILES string of the molecule is COC(=O)c1nc(Br)c(C(F)(F)F)cc1N(C(=O)OC(C)(C)C)C(=O)OC(C)(C)C. The Bertz CT molecular complexity index is 816. The van der Waals surface area contributed by atoms with E-state index in [1.165, 1.54) is 41.5 Å². The molecule has 0 atom stereocenters. The number of amides is 2. The predicted molar refractivity (Wildman–Crippen MR) is 103 cm³/mol. The predicted octanol–water partition coefficient (Wildman–Crippen LogP) is 5.33. The van der Waals surface area contributed by atoms with Crippen molar-refractivity contribution < 1.29 is 41.8 Å². The third-order valence-electron chi connectivity index (χ3n) is 3.03.